The Bertz CT molecular complexity index is 1370. The summed E-state index contributed by atoms with van der Waals surface area (Å²) in [5.41, 5.74) is 3.41. The van der Waals surface area contributed by atoms with E-state index in [0.717, 1.165) is 29.7 Å². The molecule has 3 aliphatic rings. The number of nitrogens with zero attached hydrogens (tertiary/aromatic N) is 3. The molecule has 3 aromatic rings. The van der Waals surface area contributed by atoms with E-state index < -0.39 is 0 Å². The quantitative estimate of drug-likeness (QED) is 0.377. The van der Waals surface area contributed by atoms with Gasteiger partial charge in [0.2, 0.25) is 5.90 Å². The number of ether oxygens (including phenoxy) is 2. The van der Waals surface area contributed by atoms with Crippen LogP contribution in [0.15, 0.2) is 59.7 Å². The van der Waals surface area contributed by atoms with Crippen molar-refractivity contribution >= 4 is 29.1 Å². The lowest BCUT2D eigenvalue weighted by atomic mass is 9.92. The molecule has 0 saturated carbocycles. The molecule has 1 unspecified atom stereocenters. The van der Waals surface area contributed by atoms with Crippen molar-refractivity contribution in [2.24, 2.45) is 4.99 Å². The molecular weight excluding hydrogens is 484 g/mol. The van der Waals surface area contributed by atoms with Crippen LogP contribution in [-0.4, -0.2) is 58.8 Å². The Labute approximate surface area is 220 Å². The van der Waals surface area contributed by atoms with E-state index >= 15 is 0 Å². The van der Waals surface area contributed by atoms with E-state index in [1.54, 1.807) is 18.3 Å². The van der Waals surface area contributed by atoms with E-state index in [2.05, 4.69) is 25.9 Å². The first-order chi connectivity index (χ1) is 18.5. The molecule has 0 radical (unpaired) electrons. The largest absolute Gasteiger partial charge is 0.475 e. The summed E-state index contributed by atoms with van der Waals surface area (Å²) in [6.45, 7) is 3.65. The van der Waals surface area contributed by atoms with E-state index in [-0.39, 0.29) is 30.1 Å². The third-order valence-electron chi connectivity index (χ3n) is 7.27. The van der Waals surface area contributed by atoms with Crippen LogP contribution in [0.25, 0.3) is 0 Å². The van der Waals surface area contributed by atoms with E-state index in [9.17, 15) is 9.90 Å². The van der Waals surface area contributed by atoms with Crippen molar-refractivity contribution in [1.82, 2.24) is 15.3 Å². The summed E-state index contributed by atoms with van der Waals surface area (Å²) in [6, 6.07) is 14.7. The van der Waals surface area contributed by atoms with Gasteiger partial charge in [-0.3, -0.25) is 4.79 Å². The molecule has 3 aliphatic heterocycles. The Morgan fingerprint density at radius 2 is 1.95 bits per heavy atom. The van der Waals surface area contributed by atoms with Crippen molar-refractivity contribution in [3.05, 3.63) is 77.1 Å². The molecule has 1 fully saturated rings. The number of benzene rings is 1. The molecule has 1 saturated heterocycles. The maximum absolute atomic E-state index is 12.1. The van der Waals surface area contributed by atoms with Gasteiger partial charge in [-0.25, -0.2) is 15.0 Å². The molecular formula is C28H30N6O4. The summed E-state index contributed by atoms with van der Waals surface area (Å²) in [6.07, 6.45) is 3.35. The van der Waals surface area contributed by atoms with E-state index in [0.29, 0.717) is 48.6 Å². The summed E-state index contributed by atoms with van der Waals surface area (Å²) >= 11 is 0. The average Bonchev–Trinajstić information content (AvgIpc) is 3.47. The number of aliphatic hydroxyl groups is 1. The Balaban J connectivity index is 1.33. The number of hydrogen-bond donors (Lipinski definition) is 4. The summed E-state index contributed by atoms with van der Waals surface area (Å²) < 4.78 is 11.6. The highest BCUT2D eigenvalue weighted by atomic mass is 16.5. The number of aliphatic hydroxyl groups excluding tert-OH is 1. The number of carbonyl (C=O) groups is 1. The molecule has 10 nitrogen and oxygen atoms in total. The van der Waals surface area contributed by atoms with Crippen LogP contribution in [0.4, 0.5) is 17.3 Å². The smallest absolute Gasteiger partial charge is 0.253 e. The van der Waals surface area contributed by atoms with Gasteiger partial charge in [-0.2, -0.15) is 0 Å². The summed E-state index contributed by atoms with van der Waals surface area (Å²) in [7, 11) is 0. The van der Waals surface area contributed by atoms with E-state index in [4.69, 9.17) is 14.5 Å². The minimum Gasteiger partial charge on any atom is -0.475 e. The molecule has 0 aliphatic carbocycles. The lowest BCUT2D eigenvalue weighted by Gasteiger charge is -2.28. The fraction of sp³-hybridized carbons (Fsp3) is 0.357. The molecule has 2 atom stereocenters. The zero-order chi connectivity index (χ0) is 26.1. The van der Waals surface area contributed by atoms with Crippen LogP contribution in [-0.2, 0) is 9.47 Å². The lowest BCUT2D eigenvalue weighted by molar-refractivity contribution is 0.0442. The molecule has 0 bridgehead atoms. The van der Waals surface area contributed by atoms with Gasteiger partial charge in [-0.1, -0.05) is 30.3 Å². The molecule has 1 spiro atoms. The van der Waals surface area contributed by atoms with Gasteiger partial charge in [0.25, 0.3) is 5.91 Å². The summed E-state index contributed by atoms with van der Waals surface area (Å²) in [5, 5.41) is 19.8. The second kappa shape index (κ2) is 10.0. The molecule has 1 amide bonds. The van der Waals surface area contributed by atoms with Crippen molar-refractivity contribution in [3.8, 4) is 0 Å². The Hall–Kier alpha value is -4.02. The first-order valence-corrected chi connectivity index (χ1v) is 12.9. The van der Waals surface area contributed by atoms with Crippen LogP contribution in [0.1, 0.15) is 59.0 Å². The van der Waals surface area contributed by atoms with Crippen molar-refractivity contribution < 1.29 is 19.4 Å². The molecule has 2 aromatic heterocycles. The highest BCUT2D eigenvalue weighted by molar-refractivity contribution is 6.01. The van der Waals surface area contributed by atoms with Gasteiger partial charge in [0.05, 0.1) is 41.2 Å². The first kappa shape index (κ1) is 24.3. The molecule has 10 heteroatoms. The zero-order valence-electron chi connectivity index (χ0n) is 21.1. The normalized spacial score (nSPS) is 20.3. The number of nitrogens with one attached hydrogen (secondary N) is 3. The molecule has 196 valence electrons. The van der Waals surface area contributed by atoms with E-state index in [1.807, 2.05) is 43.3 Å². The summed E-state index contributed by atoms with van der Waals surface area (Å²) in [4.78, 5) is 26.3. The van der Waals surface area contributed by atoms with Crippen LogP contribution < -0.4 is 16.0 Å². The minimum atomic E-state index is -0.347. The van der Waals surface area contributed by atoms with Gasteiger partial charge < -0.3 is 30.5 Å². The summed E-state index contributed by atoms with van der Waals surface area (Å²) in [5.74, 6) is 1.55. The number of fused-ring (bicyclic) bond motifs is 1. The zero-order valence-corrected chi connectivity index (χ0v) is 21.1. The third-order valence-corrected chi connectivity index (χ3v) is 7.27. The second-order valence-corrected chi connectivity index (χ2v) is 9.90. The van der Waals surface area contributed by atoms with Crippen LogP contribution in [0.5, 0.6) is 0 Å². The van der Waals surface area contributed by atoms with Crippen LogP contribution in [0, 0.1) is 0 Å². The topological polar surface area (TPSA) is 130 Å². The molecule has 5 heterocycles. The van der Waals surface area contributed by atoms with Gasteiger partial charge in [0.15, 0.2) is 0 Å². The van der Waals surface area contributed by atoms with Gasteiger partial charge >= 0.3 is 0 Å². The number of anilines is 3. The SMILES string of the molecule is CC1NC(=O)c2ccc(Nc3cc(N[C@H](CO)c4ccccc4)c(C4=NC5(CCOCC5)CO4)cn3)nc21. The third kappa shape index (κ3) is 4.68. The van der Waals surface area contributed by atoms with Crippen LogP contribution >= 0.6 is 0 Å². The highest BCUT2D eigenvalue weighted by Gasteiger charge is 2.39. The van der Waals surface area contributed by atoms with Crippen molar-refractivity contribution in [3.63, 3.8) is 0 Å². The van der Waals surface area contributed by atoms with Gasteiger partial charge in [0.1, 0.15) is 23.8 Å². The first-order valence-electron chi connectivity index (χ1n) is 12.9. The Kier molecular flexibility index (Phi) is 6.42. The van der Waals surface area contributed by atoms with Crippen molar-refractivity contribution in [2.45, 2.75) is 37.4 Å². The van der Waals surface area contributed by atoms with Crippen molar-refractivity contribution in [2.75, 3.05) is 37.1 Å². The second-order valence-electron chi connectivity index (χ2n) is 9.90. The molecule has 6 rings (SSSR count). The predicted molar refractivity (Wildman–Crippen MR) is 143 cm³/mol. The number of amides is 1. The Morgan fingerprint density at radius 3 is 2.74 bits per heavy atom. The lowest BCUT2D eigenvalue weighted by Crippen LogP contribution is -2.35. The number of hydrogen-bond acceptors (Lipinski definition) is 9. The number of aliphatic imine (C=N–C) groups is 1. The predicted octanol–water partition coefficient (Wildman–Crippen LogP) is 3.50. The minimum absolute atomic E-state index is 0.103. The number of aromatic nitrogens is 2. The van der Waals surface area contributed by atoms with Crippen molar-refractivity contribution in [1.29, 1.82) is 0 Å². The maximum Gasteiger partial charge on any atom is 0.253 e. The van der Waals surface area contributed by atoms with E-state index in [1.165, 1.54) is 0 Å². The standard InChI is InChI=1S/C28H30N6O4/c1-17-25-19(26(36)30-17)7-8-23(33-25)32-24-13-21(31-22(15-35)18-5-3-2-4-6-18)20(14-29-24)27-34-28(16-38-27)9-11-37-12-10-28/h2-8,13-14,17,22,35H,9-12,15-16H2,1H3,(H,30,36)(H2,29,31,32,33)/t17?,22-/m1/s1. The fourth-order valence-electron chi connectivity index (χ4n) is 5.09. The van der Waals surface area contributed by atoms with Crippen LogP contribution in [0.2, 0.25) is 0 Å². The highest BCUT2D eigenvalue weighted by Crippen LogP contribution is 2.34. The monoisotopic (exact) mass is 514 g/mol. The fourth-order valence-corrected chi connectivity index (χ4v) is 5.09. The average molecular weight is 515 g/mol. The van der Waals surface area contributed by atoms with Gasteiger partial charge in [-0.05, 0) is 37.5 Å². The van der Waals surface area contributed by atoms with Gasteiger partial charge in [-0.15, -0.1) is 0 Å². The van der Waals surface area contributed by atoms with Gasteiger partial charge in [0, 0.05) is 25.5 Å². The Morgan fingerprint density at radius 1 is 1.13 bits per heavy atom. The van der Waals surface area contributed by atoms with Crippen LogP contribution in [0.3, 0.4) is 0 Å². The number of pyridine rings is 2. The molecule has 1 aromatic carbocycles. The molecule has 38 heavy (non-hydrogen) atoms. The number of rotatable bonds is 7. The molecule has 4 N–H and O–H groups in total. The maximum atomic E-state index is 12.1. The number of carbonyl (C=O) groups excluding carboxylic acids is 1.